The first-order chi connectivity index (χ1) is 9.11. The zero-order valence-corrected chi connectivity index (χ0v) is 10.6. The summed E-state index contributed by atoms with van der Waals surface area (Å²) in [7, 11) is 3.13. The fraction of sp³-hybridized carbons (Fsp3) is 0.273. The van der Waals surface area contributed by atoms with Crippen LogP contribution in [0.3, 0.4) is 0 Å². The summed E-state index contributed by atoms with van der Waals surface area (Å²) in [4.78, 5) is 15.5. The lowest BCUT2D eigenvalue weighted by Gasteiger charge is -2.09. The molecule has 3 N–H and O–H groups in total. The first-order valence-electron chi connectivity index (χ1n) is 5.53. The molecule has 0 radical (unpaired) electrons. The van der Waals surface area contributed by atoms with Crippen LogP contribution in [-0.4, -0.2) is 32.8 Å². The molecule has 0 atom stereocenters. The maximum absolute atomic E-state index is 11.4. The molecule has 0 aliphatic heterocycles. The van der Waals surface area contributed by atoms with Crippen LogP contribution in [0.15, 0.2) is 18.5 Å². The molecule has 19 heavy (non-hydrogen) atoms. The number of rotatable bonds is 4. The van der Waals surface area contributed by atoms with Crippen molar-refractivity contribution < 1.29 is 9.53 Å². The summed E-state index contributed by atoms with van der Waals surface area (Å²) in [6.07, 6.45) is 1.60. The van der Waals surface area contributed by atoms with Crippen LogP contribution in [0, 0.1) is 0 Å². The van der Waals surface area contributed by atoms with Gasteiger partial charge in [-0.1, -0.05) is 0 Å². The lowest BCUT2D eigenvalue weighted by Crippen LogP contribution is -2.11. The van der Waals surface area contributed by atoms with Crippen molar-refractivity contribution in [1.82, 2.24) is 19.7 Å². The van der Waals surface area contributed by atoms with Crippen LogP contribution in [0.2, 0.25) is 0 Å². The summed E-state index contributed by atoms with van der Waals surface area (Å²) < 4.78 is 6.38. The van der Waals surface area contributed by atoms with Crippen molar-refractivity contribution >= 4 is 17.5 Å². The molecule has 0 aromatic carbocycles. The Morgan fingerprint density at radius 2 is 2.32 bits per heavy atom. The average molecular weight is 262 g/mol. The molecule has 0 spiro atoms. The minimum Gasteiger partial charge on any atom is -0.464 e. The Kier molecular flexibility index (Phi) is 3.60. The SMILES string of the molecule is COC(=O)c1ccc(N)c(NCc2nncn2C)n1. The standard InChI is InChI=1S/C11H14N6O2/c1-17-6-14-16-9(17)5-13-10-7(12)3-4-8(15-10)11(18)19-2/h3-4,6H,5,12H2,1-2H3,(H,13,15). The average Bonchev–Trinajstić information content (AvgIpc) is 2.82. The van der Waals surface area contributed by atoms with Gasteiger partial charge in [-0.2, -0.15) is 0 Å². The molecular formula is C11H14N6O2. The van der Waals surface area contributed by atoms with Gasteiger partial charge in [0.2, 0.25) is 0 Å². The van der Waals surface area contributed by atoms with E-state index in [9.17, 15) is 4.79 Å². The molecule has 2 rings (SSSR count). The number of hydrogen-bond acceptors (Lipinski definition) is 7. The van der Waals surface area contributed by atoms with E-state index in [2.05, 4.69) is 25.2 Å². The number of hydrogen-bond donors (Lipinski definition) is 2. The van der Waals surface area contributed by atoms with Crippen LogP contribution in [-0.2, 0) is 18.3 Å². The minimum atomic E-state index is -0.512. The predicted octanol–water partition coefficient (Wildman–Crippen LogP) is 0.191. The van der Waals surface area contributed by atoms with Crippen molar-refractivity contribution in [3.8, 4) is 0 Å². The van der Waals surface area contributed by atoms with E-state index in [1.807, 2.05) is 7.05 Å². The molecule has 0 aliphatic rings. The van der Waals surface area contributed by atoms with E-state index in [0.29, 0.717) is 18.1 Å². The molecule has 0 aliphatic carbocycles. The van der Waals surface area contributed by atoms with E-state index in [0.717, 1.165) is 5.82 Å². The first-order valence-corrected chi connectivity index (χ1v) is 5.53. The number of pyridine rings is 1. The number of aryl methyl sites for hydroxylation is 1. The summed E-state index contributed by atoms with van der Waals surface area (Å²) in [5, 5.41) is 10.7. The minimum absolute atomic E-state index is 0.192. The molecular weight excluding hydrogens is 248 g/mol. The van der Waals surface area contributed by atoms with Gasteiger partial charge in [0, 0.05) is 7.05 Å². The normalized spacial score (nSPS) is 10.2. The number of ether oxygens (including phenoxy) is 1. The maximum atomic E-state index is 11.4. The fourth-order valence-electron chi connectivity index (χ4n) is 1.46. The van der Waals surface area contributed by atoms with Crippen LogP contribution >= 0.6 is 0 Å². The van der Waals surface area contributed by atoms with E-state index >= 15 is 0 Å². The van der Waals surface area contributed by atoms with Gasteiger partial charge in [0.05, 0.1) is 19.3 Å². The summed E-state index contributed by atoms with van der Waals surface area (Å²) in [5.74, 6) is 0.622. The quantitative estimate of drug-likeness (QED) is 0.757. The van der Waals surface area contributed by atoms with E-state index in [-0.39, 0.29) is 5.69 Å². The van der Waals surface area contributed by atoms with Crippen LogP contribution in [0.25, 0.3) is 0 Å². The molecule has 0 saturated carbocycles. The summed E-state index contributed by atoms with van der Waals surface area (Å²) >= 11 is 0. The Balaban J connectivity index is 2.15. The summed E-state index contributed by atoms with van der Waals surface area (Å²) in [5.41, 5.74) is 6.42. The Labute approximate surface area is 109 Å². The van der Waals surface area contributed by atoms with E-state index in [1.54, 1.807) is 17.0 Å². The number of carbonyl (C=O) groups excluding carboxylic acids is 1. The maximum Gasteiger partial charge on any atom is 0.356 e. The topological polar surface area (TPSA) is 108 Å². The van der Waals surface area contributed by atoms with Crippen LogP contribution < -0.4 is 11.1 Å². The van der Waals surface area contributed by atoms with E-state index < -0.39 is 5.97 Å². The second-order valence-electron chi connectivity index (χ2n) is 3.84. The Morgan fingerprint density at radius 3 is 2.95 bits per heavy atom. The smallest absolute Gasteiger partial charge is 0.356 e. The molecule has 100 valence electrons. The highest BCUT2D eigenvalue weighted by Crippen LogP contribution is 2.16. The number of methoxy groups -OCH3 is 1. The third-order valence-corrected chi connectivity index (χ3v) is 2.54. The number of esters is 1. The number of aromatic nitrogens is 4. The zero-order chi connectivity index (χ0) is 13.8. The highest BCUT2D eigenvalue weighted by Gasteiger charge is 2.10. The highest BCUT2D eigenvalue weighted by atomic mass is 16.5. The summed E-state index contributed by atoms with van der Waals surface area (Å²) in [6, 6.07) is 3.10. The van der Waals surface area contributed by atoms with Gasteiger partial charge < -0.3 is 20.4 Å². The number of nitrogen functional groups attached to an aromatic ring is 1. The predicted molar refractivity (Wildman–Crippen MR) is 68.3 cm³/mol. The van der Waals surface area contributed by atoms with Crippen molar-refractivity contribution in [1.29, 1.82) is 0 Å². The van der Waals surface area contributed by atoms with Crippen molar-refractivity contribution in [2.24, 2.45) is 7.05 Å². The molecule has 8 nitrogen and oxygen atoms in total. The van der Waals surface area contributed by atoms with Gasteiger partial charge in [-0.3, -0.25) is 0 Å². The van der Waals surface area contributed by atoms with Gasteiger partial charge in [0.15, 0.2) is 17.3 Å². The molecule has 2 heterocycles. The molecule has 2 aromatic heterocycles. The van der Waals surface area contributed by atoms with Gasteiger partial charge >= 0.3 is 5.97 Å². The van der Waals surface area contributed by atoms with Crippen molar-refractivity contribution in [2.45, 2.75) is 6.54 Å². The molecule has 0 saturated heterocycles. The summed E-state index contributed by atoms with van der Waals surface area (Å²) in [6.45, 7) is 0.401. The highest BCUT2D eigenvalue weighted by molar-refractivity contribution is 5.88. The number of nitrogens with two attached hydrogens (primary N) is 1. The second-order valence-corrected chi connectivity index (χ2v) is 3.84. The Hall–Kier alpha value is -2.64. The largest absolute Gasteiger partial charge is 0.464 e. The lowest BCUT2D eigenvalue weighted by molar-refractivity contribution is 0.0594. The van der Waals surface area contributed by atoms with E-state index in [1.165, 1.54) is 13.2 Å². The first kappa shape index (κ1) is 12.8. The van der Waals surface area contributed by atoms with Crippen LogP contribution in [0.5, 0.6) is 0 Å². The number of anilines is 2. The van der Waals surface area contributed by atoms with Gasteiger partial charge in [0.25, 0.3) is 0 Å². The fourth-order valence-corrected chi connectivity index (χ4v) is 1.46. The number of carbonyl (C=O) groups is 1. The lowest BCUT2D eigenvalue weighted by atomic mass is 10.3. The number of nitrogens with one attached hydrogen (secondary N) is 1. The van der Waals surface area contributed by atoms with Gasteiger partial charge in [-0.05, 0) is 12.1 Å². The molecule has 0 unspecified atom stereocenters. The van der Waals surface area contributed by atoms with Crippen molar-refractivity contribution in [3.05, 3.63) is 30.0 Å². The Morgan fingerprint density at radius 1 is 1.53 bits per heavy atom. The molecule has 0 bridgehead atoms. The van der Waals surface area contributed by atoms with Crippen molar-refractivity contribution in [2.75, 3.05) is 18.2 Å². The second kappa shape index (κ2) is 5.34. The number of nitrogens with zero attached hydrogens (tertiary/aromatic N) is 4. The van der Waals surface area contributed by atoms with Crippen molar-refractivity contribution in [3.63, 3.8) is 0 Å². The molecule has 8 heteroatoms. The molecule has 0 amide bonds. The van der Waals surface area contributed by atoms with Crippen LogP contribution in [0.1, 0.15) is 16.3 Å². The van der Waals surface area contributed by atoms with Gasteiger partial charge in [0.1, 0.15) is 6.33 Å². The van der Waals surface area contributed by atoms with E-state index in [4.69, 9.17) is 5.73 Å². The zero-order valence-electron chi connectivity index (χ0n) is 10.6. The molecule has 0 fully saturated rings. The third kappa shape index (κ3) is 2.79. The van der Waals surface area contributed by atoms with Gasteiger partial charge in [-0.15, -0.1) is 10.2 Å². The molecule has 2 aromatic rings. The van der Waals surface area contributed by atoms with Gasteiger partial charge in [-0.25, -0.2) is 9.78 Å². The van der Waals surface area contributed by atoms with Crippen LogP contribution in [0.4, 0.5) is 11.5 Å². The third-order valence-electron chi connectivity index (χ3n) is 2.54. The monoisotopic (exact) mass is 262 g/mol. The Bertz CT molecular complexity index is 595.